The average Bonchev–Trinajstić information content (AvgIpc) is 3.33. The number of anilines is 1. The van der Waals surface area contributed by atoms with Gasteiger partial charge in [-0.05, 0) is 31.9 Å². The summed E-state index contributed by atoms with van der Waals surface area (Å²) in [6.07, 6.45) is 3.61. The predicted octanol–water partition coefficient (Wildman–Crippen LogP) is 1.99. The maximum Gasteiger partial charge on any atom is 0.332 e. The fourth-order valence-electron chi connectivity index (χ4n) is 5.35. The molecule has 1 atom stereocenters. The normalized spacial score (nSPS) is 15.8. The third-order valence-electron chi connectivity index (χ3n) is 7.21. The van der Waals surface area contributed by atoms with E-state index in [1.165, 1.54) is 9.13 Å². The van der Waals surface area contributed by atoms with Gasteiger partial charge in [0.15, 0.2) is 11.2 Å². The molecule has 1 saturated heterocycles. The highest BCUT2D eigenvalue weighted by Crippen LogP contribution is 2.26. The Morgan fingerprint density at radius 1 is 1.08 bits per heavy atom. The minimum atomic E-state index is -0.451. The molecule has 0 aliphatic carbocycles. The van der Waals surface area contributed by atoms with Gasteiger partial charge in [0, 0.05) is 43.1 Å². The summed E-state index contributed by atoms with van der Waals surface area (Å²) in [5.41, 5.74) is 8.17. The zero-order valence-electron chi connectivity index (χ0n) is 21.4. The molecule has 10 nitrogen and oxygen atoms in total. The molecule has 1 aliphatic rings. The summed E-state index contributed by atoms with van der Waals surface area (Å²) < 4.78 is 4.49. The first-order valence-electron chi connectivity index (χ1n) is 12.7. The van der Waals surface area contributed by atoms with E-state index in [0.717, 1.165) is 35.7 Å². The van der Waals surface area contributed by atoms with Crippen LogP contribution in [0.1, 0.15) is 25.5 Å². The number of hydrogen-bond acceptors (Lipinski definition) is 7. The molecule has 38 heavy (non-hydrogen) atoms. The fourth-order valence-corrected chi connectivity index (χ4v) is 5.35. The Hall–Kier alpha value is -4.49. The van der Waals surface area contributed by atoms with Gasteiger partial charge in [0.2, 0.25) is 5.95 Å². The minimum Gasteiger partial charge on any atom is -0.341 e. The van der Waals surface area contributed by atoms with Gasteiger partial charge >= 0.3 is 5.69 Å². The van der Waals surface area contributed by atoms with Crippen molar-refractivity contribution in [2.45, 2.75) is 38.9 Å². The third kappa shape index (κ3) is 3.83. The third-order valence-corrected chi connectivity index (χ3v) is 7.21. The van der Waals surface area contributed by atoms with E-state index in [4.69, 9.17) is 15.7 Å². The summed E-state index contributed by atoms with van der Waals surface area (Å²) in [6.45, 7) is 3.46. The first-order chi connectivity index (χ1) is 18.5. The summed E-state index contributed by atoms with van der Waals surface area (Å²) in [4.78, 5) is 43.7. The molecule has 0 radical (unpaired) electrons. The highest BCUT2D eigenvalue weighted by molar-refractivity contribution is 6.04. The molecule has 1 aromatic carbocycles. The predicted molar refractivity (Wildman–Crippen MR) is 148 cm³/mol. The number of rotatable bonds is 4. The van der Waals surface area contributed by atoms with Gasteiger partial charge in [0.05, 0.1) is 29.8 Å². The molecule has 10 heteroatoms. The monoisotopic (exact) mass is 508 g/mol. The summed E-state index contributed by atoms with van der Waals surface area (Å²) in [7, 11) is 1.64. The zero-order valence-corrected chi connectivity index (χ0v) is 21.4. The summed E-state index contributed by atoms with van der Waals surface area (Å²) in [6, 6.07) is 11.5. The van der Waals surface area contributed by atoms with Crippen LogP contribution in [0.25, 0.3) is 33.0 Å². The quantitative estimate of drug-likeness (QED) is 0.291. The summed E-state index contributed by atoms with van der Waals surface area (Å²) >= 11 is 0. The van der Waals surface area contributed by atoms with E-state index in [9.17, 15) is 9.59 Å². The van der Waals surface area contributed by atoms with E-state index in [1.54, 1.807) is 20.2 Å². The lowest BCUT2D eigenvalue weighted by atomic mass is 10.1. The number of pyridine rings is 2. The Kier molecular flexibility index (Phi) is 5.93. The maximum absolute atomic E-state index is 14.0. The number of aromatic nitrogens is 6. The number of nitrogens with two attached hydrogens (primary N) is 1. The van der Waals surface area contributed by atoms with Crippen LogP contribution in [0.15, 0.2) is 52.2 Å². The van der Waals surface area contributed by atoms with Crippen molar-refractivity contribution in [2.24, 2.45) is 12.8 Å². The molecule has 2 N–H and O–H groups in total. The van der Waals surface area contributed by atoms with Crippen molar-refractivity contribution >= 4 is 38.9 Å². The highest BCUT2D eigenvalue weighted by Gasteiger charge is 2.26. The Bertz CT molecular complexity index is 1890. The van der Waals surface area contributed by atoms with Crippen molar-refractivity contribution < 1.29 is 0 Å². The lowest BCUT2D eigenvalue weighted by Crippen LogP contribution is -2.44. The molecular formula is C28H28N8O2. The van der Waals surface area contributed by atoms with E-state index in [2.05, 4.69) is 21.7 Å². The first kappa shape index (κ1) is 23.9. The van der Waals surface area contributed by atoms with E-state index in [1.807, 2.05) is 41.0 Å². The number of piperidine rings is 1. The second-order valence-corrected chi connectivity index (χ2v) is 9.65. The van der Waals surface area contributed by atoms with Crippen LogP contribution in [0, 0.1) is 11.8 Å². The van der Waals surface area contributed by atoms with Crippen LogP contribution in [0.4, 0.5) is 5.95 Å². The van der Waals surface area contributed by atoms with Gasteiger partial charge in [-0.1, -0.05) is 30.2 Å². The number of benzene rings is 1. The molecule has 5 heterocycles. The van der Waals surface area contributed by atoms with Crippen molar-refractivity contribution in [3.8, 4) is 11.8 Å². The molecule has 0 unspecified atom stereocenters. The molecule has 6 rings (SSSR count). The van der Waals surface area contributed by atoms with E-state index < -0.39 is 11.2 Å². The summed E-state index contributed by atoms with van der Waals surface area (Å²) in [5.74, 6) is 6.59. The molecule has 1 fully saturated rings. The molecule has 1 aliphatic heterocycles. The fraction of sp³-hybridized carbons (Fsp3) is 0.321. The number of hydrogen-bond donors (Lipinski definition) is 1. The lowest BCUT2D eigenvalue weighted by Gasteiger charge is -2.31. The van der Waals surface area contributed by atoms with Gasteiger partial charge in [0.25, 0.3) is 5.56 Å². The van der Waals surface area contributed by atoms with E-state index in [0.29, 0.717) is 34.9 Å². The zero-order chi connectivity index (χ0) is 26.4. The largest absolute Gasteiger partial charge is 0.341 e. The number of nitrogens with zero attached hydrogens (tertiary/aromatic N) is 7. The van der Waals surface area contributed by atoms with Crippen molar-refractivity contribution in [3.05, 3.63) is 69.1 Å². The van der Waals surface area contributed by atoms with Gasteiger partial charge in [-0.25, -0.2) is 9.78 Å². The number of imidazole rings is 1. The first-order valence-corrected chi connectivity index (χ1v) is 12.7. The lowest BCUT2D eigenvalue weighted by molar-refractivity contribution is 0.496. The Morgan fingerprint density at radius 2 is 1.89 bits per heavy atom. The smallest absolute Gasteiger partial charge is 0.332 e. The maximum atomic E-state index is 14.0. The van der Waals surface area contributed by atoms with Gasteiger partial charge in [0.1, 0.15) is 0 Å². The second kappa shape index (κ2) is 9.43. The molecule has 4 aromatic heterocycles. The SMILES string of the molecule is CC#CCn1c(N2CCC[C@@H](N)C2)nc2c1c(=O)n(Cc1nc3cccnc3c3ccccc13)c(=O)n2C. The van der Waals surface area contributed by atoms with E-state index >= 15 is 0 Å². The molecular weight excluding hydrogens is 480 g/mol. The standard InChI is InChI=1S/C28H28N8O2/c1-3-4-15-35-24-25(32-27(35)34-14-8-9-18(29)16-34)33(2)28(38)36(26(24)37)17-22-19-10-5-6-11-20(19)23-21(31-22)12-7-13-30-23/h5-7,10-13,18H,8-9,14-17,29H2,1-2H3/t18-/m1/s1. The molecule has 5 aromatic rings. The topological polar surface area (TPSA) is 117 Å². The van der Waals surface area contributed by atoms with Crippen LogP contribution in [0.3, 0.4) is 0 Å². The molecule has 192 valence electrons. The molecule has 0 amide bonds. The van der Waals surface area contributed by atoms with Crippen molar-refractivity contribution in [1.29, 1.82) is 0 Å². The van der Waals surface area contributed by atoms with Crippen molar-refractivity contribution in [2.75, 3.05) is 18.0 Å². The van der Waals surface area contributed by atoms with Crippen LogP contribution < -0.4 is 21.9 Å². The van der Waals surface area contributed by atoms with Crippen LogP contribution in [-0.2, 0) is 20.1 Å². The van der Waals surface area contributed by atoms with Crippen LogP contribution in [0.5, 0.6) is 0 Å². The van der Waals surface area contributed by atoms with Crippen molar-refractivity contribution in [1.82, 2.24) is 28.7 Å². The molecule has 0 bridgehead atoms. The average molecular weight is 509 g/mol. The van der Waals surface area contributed by atoms with Crippen LogP contribution >= 0.6 is 0 Å². The van der Waals surface area contributed by atoms with Crippen LogP contribution in [0.2, 0.25) is 0 Å². The van der Waals surface area contributed by atoms with Crippen molar-refractivity contribution in [3.63, 3.8) is 0 Å². The molecule has 0 saturated carbocycles. The minimum absolute atomic E-state index is 0.0152. The summed E-state index contributed by atoms with van der Waals surface area (Å²) in [5, 5.41) is 1.77. The Labute approximate surface area is 218 Å². The van der Waals surface area contributed by atoms with Crippen LogP contribution in [-0.4, -0.2) is 47.8 Å². The Morgan fingerprint density at radius 3 is 2.68 bits per heavy atom. The Balaban J connectivity index is 1.58. The van der Waals surface area contributed by atoms with Gasteiger partial charge < -0.3 is 10.6 Å². The second-order valence-electron chi connectivity index (χ2n) is 9.65. The van der Waals surface area contributed by atoms with Gasteiger partial charge in [-0.3, -0.25) is 23.5 Å². The highest BCUT2D eigenvalue weighted by atomic mass is 16.2. The molecule has 0 spiro atoms. The van der Waals surface area contributed by atoms with Gasteiger partial charge in [-0.2, -0.15) is 4.98 Å². The number of fused-ring (bicyclic) bond motifs is 4. The number of aryl methyl sites for hydroxylation is 1. The van der Waals surface area contributed by atoms with Gasteiger partial charge in [-0.15, -0.1) is 5.92 Å². The van der Waals surface area contributed by atoms with E-state index in [-0.39, 0.29) is 19.1 Å².